The zero-order chi connectivity index (χ0) is 15.4. The monoisotopic (exact) mass is 330 g/mol. The SMILES string of the molecule is C[C@H](Cc1c(Cl)cccc1Cl)NC(=O)N1CC[C@@H](CO)C1. The van der Waals surface area contributed by atoms with Gasteiger partial charge in [-0.25, -0.2) is 4.79 Å². The molecule has 0 aromatic heterocycles. The molecule has 1 aromatic carbocycles. The van der Waals surface area contributed by atoms with Crippen LogP contribution < -0.4 is 5.32 Å². The fourth-order valence-corrected chi connectivity index (χ4v) is 3.10. The van der Waals surface area contributed by atoms with Crippen molar-refractivity contribution in [1.29, 1.82) is 0 Å². The van der Waals surface area contributed by atoms with Gasteiger partial charge in [-0.2, -0.15) is 0 Å². The lowest BCUT2D eigenvalue weighted by Gasteiger charge is -2.21. The minimum atomic E-state index is -0.0957. The summed E-state index contributed by atoms with van der Waals surface area (Å²) < 4.78 is 0. The summed E-state index contributed by atoms with van der Waals surface area (Å²) in [4.78, 5) is 13.9. The smallest absolute Gasteiger partial charge is 0.317 e. The van der Waals surface area contributed by atoms with Crippen molar-refractivity contribution in [2.24, 2.45) is 5.92 Å². The van der Waals surface area contributed by atoms with E-state index in [-0.39, 0.29) is 24.6 Å². The van der Waals surface area contributed by atoms with Crippen molar-refractivity contribution in [1.82, 2.24) is 10.2 Å². The molecule has 2 atom stereocenters. The summed E-state index contributed by atoms with van der Waals surface area (Å²) in [6.07, 6.45) is 1.44. The second kappa shape index (κ2) is 7.34. The number of benzene rings is 1. The number of nitrogens with zero attached hydrogens (tertiary/aromatic N) is 1. The highest BCUT2D eigenvalue weighted by atomic mass is 35.5. The molecule has 0 bridgehead atoms. The lowest BCUT2D eigenvalue weighted by atomic mass is 10.1. The van der Waals surface area contributed by atoms with E-state index >= 15 is 0 Å². The van der Waals surface area contributed by atoms with Crippen LogP contribution in [0.5, 0.6) is 0 Å². The summed E-state index contributed by atoms with van der Waals surface area (Å²) in [6.45, 7) is 3.37. The lowest BCUT2D eigenvalue weighted by Crippen LogP contribution is -2.43. The number of hydrogen-bond acceptors (Lipinski definition) is 2. The maximum Gasteiger partial charge on any atom is 0.317 e. The third-order valence-electron chi connectivity index (χ3n) is 3.77. The van der Waals surface area contributed by atoms with Crippen LogP contribution in [0.3, 0.4) is 0 Å². The van der Waals surface area contributed by atoms with Gasteiger partial charge in [-0.3, -0.25) is 0 Å². The van der Waals surface area contributed by atoms with Crippen LogP contribution in [-0.2, 0) is 6.42 Å². The number of amides is 2. The van der Waals surface area contributed by atoms with E-state index in [0.29, 0.717) is 29.6 Å². The number of aliphatic hydroxyl groups is 1. The average molecular weight is 331 g/mol. The highest BCUT2D eigenvalue weighted by molar-refractivity contribution is 6.36. The largest absolute Gasteiger partial charge is 0.396 e. The van der Waals surface area contributed by atoms with E-state index in [4.69, 9.17) is 28.3 Å². The molecule has 1 heterocycles. The lowest BCUT2D eigenvalue weighted by molar-refractivity contribution is 0.195. The first-order valence-corrected chi connectivity index (χ1v) is 7.86. The molecule has 0 spiro atoms. The molecule has 21 heavy (non-hydrogen) atoms. The van der Waals surface area contributed by atoms with E-state index in [2.05, 4.69) is 5.32 Å². The van der Waals surface area contributed by atoms with Crippen LogP contribution in [0.4, 0.5) is 4.79 Å². The van der Waals surface area contributed by atoms with Crippen molar-refractivity contribution in [3.8, 4) is 0 Å². The molecule has 1 aliphatic heterocycles. The number of carbonyl (C=O) groups excluding carboxylic acids is 1. The van der Waals surface area contributed by atoms with Crippen LogP contribution in [0.25, 0.3) is 0 Å². The van der Waals surface area contributed by atoms with Crippen molar-refractivity contribution >= 4 is 29.2 Å². The molecule has 6 heteroatoms. The Kier molecular flexibility index (Phi) is 5.73. The Morgan fingerprint density at radius 2 is 2.14 bits per heavy atom. The molecule has 1 fully saturated rings. The quantitative estimate of drug-likeness (QED) is 0.891. The third kappa shape index (κ3) is 4.25. The van der Waals surface area contributed by atoms with Crippen molar-refractivity contribution in [3.63, 3.8) is 0 Å². The van der Waals surface area contributed by atoms with Crippen LogP contribution in [-0.4, -0.2) is 41.8 Å². The second-order valence-corrected chi connectivity index (χ2v) is 6.35. The van der Waals surface area contributed by atoms with Gasteiger partial charge in [-0.1, -0.05) is 29.3 Å². The number of hydrogen-bond donors (Lipinski definition) is 2. The zero-order valence-electron chi connectivity index (χ0n) is 12.0. The second-order valence-electron chi connectivity index (χ2n) is 5.54. The summed E-state index contributed by atoms with van der Waals surface area (Å²) in [5, 5.41) is 13.3. The van der Waals surface area contributed by atoms with E-state index in [1.807, 2.05) is 6.92 Å². The van der Waals surface area contributed by atoms with Gasteiger partial charge in [0.05, 0.1) is 0 Å². The predicted molar refractivity (Wildman–Crippen MR) is 84.9 cm³/mol. The minimum Gasteiger partial charge on any atom is -0.396 e. The number of likely N-dealkylation sites (tertiary alicyclic amines) is 1. The van der Waals surface area contributed by atoms with E-state index in [1.165, 1.54) is 0 Å². The van der Waals surface area contributed by atoms with Crippen LogP contribution in [0.1, 0.15) is 18.9 Å². The van der Waals surface area contributed by atoms with Crippen molar-refractivity contribution in [2.75, 3.05) is 19.7 Å². The molecule has 1 aromatic rings. The first-order chi connectivity index (χ1) is 10.0. The van der Waals surface area contributed by atoms with Crippen molar-refractivity contribution < 1.29 is 9.90 Å². The number of nitrogens with one attached hydrogen (secondary N) is 1. The minimum absolute atomic E-state index is 0.0666. The highest BCUT2D eigenvalue weighted by Crippen LogP contribution is 2.25. The Bertz CT molecular complexity index is 490. The molecule has 4 nitrogen and oxygen atoms in total. The molecular weight excluding hydrogens is 311 g/mol. The van der Waals surface area contributed by atoms with Gasteiger partial charge in [0, 0.05) is 41.7 Å². The van der Waals surface area contributed by atoms with E-state index < -0.39 is 0 Å². The molecule has 0 saturated carbocycles. The zero-order valence-corrected chi connectivity index (χ0v) is 13.5. The van der Waals surface area contributed by atoms with Crippen LogP contribution >= 0.6 is 23.2 Å². The van der Waals surface area contributed by atoms with Gasteiger partial charge in [0.25, 0.3) is 0 Å². The van der Waals surface area contributed by atoms with E-state index in [0.717, 1.165) is 12.0 Å². The number of aliphatic hydroxyl groups excluding tert-OH is 1. The number of urea groups is 1. The van der Waals surface area contributed by atoms with Gasteiger partial charge in [-0.15, -0.1) is 0 Å². The number of carbonyl (C=O) groups is 1. The molecule has 116 valence electrons. The van der Waals surface area contributed by atoms with Gasteiger partial charge >= 0.3 is 6.03 Å². The third-order valence-corrected chi connectivity index (χ3v) is 4.48. The fraction of sp³-hybridized carbons (Fsp3) is 0.533. The van der Waals surface area contributed by atoms with Crippen LogP contribution in [0.15, 0.2) is 18.2 Å². The molecule has 0 radical (unpaired) electrons. The summed E-state index contributed by atoms with van der Waals surface area (Å²) in [5.41, 5.74) is 0.850. The van der Waals surface area contributed by atoms with E-state index in [1.54, 1.807) is 23.1 Å². The fourth-order valence-electron chi connectivity index (χ4n) is 2.55. The molecule has 2 amide bonds. The normalized spacial score (nSPS) is 19.6. The summed E-state index contributed by atoms with van der Waals surface area (Å²) in [6, 6.07) is 5.23. The molecule has 0 unspecified atom stereocenters. The van der Waals surface area contributed by atoms with Crippen LogP contribution in [0.2, 0.25) is 10.0 Å². The summed E-state index contributed by atoms with van der Waals surface area (Å²) in [5.74, 6) is 0.198. The molecule has 2 N–H and O–H groups in total. The van der Waals surface area contributed by atoms with Gasteiger partial charge in [0.1, 0.15) is 0 Å². The highest BCUT2D eigenvalue weighted by Gasteiger charge is 2.26. The standard InChI is InChI=1S/C15H20Cl2N2O2/c1-10(7-12-13(16)3-2-4-14(12)17)18-15(21)19-6-5-11(8-19)9-20/h2-4,10-11,20H,5-9H2,1H3,(H,18,21)/t10-,11-/m1/s1. The summed E-state index contributed by atoms with van der Waals surface area (Å²) in [7, 11) is 0. The Balaban J connectivity index is 1.90. The Morgan fingerprint density at radius 1 is 1.48 bits per heavy atom. The molecule has 0 aliphatic carbocycles. The molecule has 2 rings (SSSR count). The molecule has 1 aliphatic rings. The Hall–Kier alpha value is -0.970. The molecular formula is C15H20Cl2N2O2. The van der Waals surface area contributed by atoms with Gasteiger partial charge in [-0.05, 0) is 37.5 Å². The van der Waals surface area contributed by atoms with Gasteiger partial charge in [0.2, 0.25) is 0 Å². The first-order valence-electron chi connectivity index (χ1n) is 7.10. The van der Waals surface area contributed by atoms with Crippen molar-refractivity contribution in [2.45, 2.75) is 25.8 Å². The van der Waals surface area contributed by atoms with E-state index in [9.17, 15) is 4.79 Å². The maximum atomic E-state index is 12.1. The topological polar surface area (TPSA) is 52.6 Å². The Morgan fingerprint density at radius 3 is 2.71 bits per heavy atom. The molecule has 1 saturated heterocycles. The van der Waals surface area contributed by atoms with Crippen molar-refractivity contribution in [3.05, 3.63) is 33.8 Å². The maximum absolute atomic E-state index is 12.1. The Labute approximate surface area is 135 Å². The summed E-state index contributed by atoms with van der Waals surface area (Å²) >= 11 is 12.3. The van der Waals surface area contributed by atoms with Gasteiger partial charge in [0.15, 0.2) is 0 Å². The first kappa shape index (κ1) is 16.4. The predicted octanol–water partition coefficient (Wildman–Crippen LogP) is 2.95. The average Bonchev–Trinajstić information content (AvgIpc) is 2.92. The number of halogens is 2. The number of rotatable bonds is 4. The van der Waals surface area contributed by atoms with Crippen LogP contribution in [0, 0.1) is 5.92 Å². The van der Waals surface area contributed by atoms with Gasteiger partial charge < -0.3 is 15.3 Å².